The number of nitrogens with one attached hydrogen (secondary N) is 2. The number of methoxy groups -OCH3 is 2. The minimum absolute atomic E-state index is 0.107. The van der Waals surface area contributed by atoms with Gasteiger partial charge in [0.25, 0.3) is 5.91 Å². The molecule has 0 spiro atoms. The highest BCUT2D eigenvalue weighted by Gasteiger charge is 2.16. The molecule has 0 aliphatic carbocycles. The number of esters is 1. The van der Waals surface area contributed by atoms with Crippen LogP contribution in [0.4, 0.5) is 5.69 Å². The van der Waals surface area contributed by atoms with Crippen molar-refractivity contribution in [3.8, 4) is 11.5 Å². The molecule has 11 nitrogen and oxygen atoms in total. The lowest BCUT2D eigenvalue weighted by Gasteiger charge is -2.11. The van der Waals surface area contributed by atoms with E-state index in [4.69, 9.17) is 14.2 Å². The summed E-state index contributed by atoms with van der Waals surface area (Å²) in [7, 11) is 3.03. The van der Waals surface area contributed by atoms with Gasteiger partial charge in [-0.15, -0.1) is 10.2 Å². The Morgan fingerprint density at radius 2 is 1.65 bits per heavy atom. The third-order valence-corrected chi connectivity index (χ3v) is 6.14. The molecule has 0 atom stereocenters. The summed E-state index contributed by atoms with van der Waals surface area (Å²) in [5, 5.41) is 14.5. The van der Waals surface area contributed by atoms with Crippen molar-refractivity contribution in [1.29, 1.82) is 0 Å². The Balaban J connectivity index is 1.55. The second kappa shape index (κ2) is 13.3. The average molecular weight is 528 g/mol. The van der Waals surface area contributed by atoms with E-state index in [0.29, 0.717) is 52.4 Å². The predicted molar refractivity (Wildman–Crippen MR) is 138 cm³/mol. The molecule has 1 aromatic heterocycles. The van der Waals surface area contributed by atoms with Gasteiger partial charge in [-0.05, 0) is 56.3 Å². The summed E-state index contributed by atoms with van der Waals surface area (Å²) in [5.74, 6) is 0.717. The molecule has 12 heteroatoms. The van der Waals surface area contributed by atoms with Gasteiger partial charge in [-0.3, -0.25) is 9.59 Å². The number of thioether (sulfide) groups is 1. The first-order valence-electron chi connectivity index (χ1n) is 11.5. The topological polar surface area (TPSA) is 134 Å². The van der Waals surface area contributed by atoms with E-state index >= 15 is 0 Å². The zero-order valence-electron chi connectivity index (χ0n) is 21.1. The fraction of sp³-hybridized carbons (Fsp3) is 0.320. The van der Waals surface area contributed by atoms with Gasteiger partial charge in [0.1, 0.15) is 0 Å². The van der Waals surface area contributed by atoms with Gasteiger partial charge in [-0.1, -0.05) is 11.8 Å². The first-order valence-corrected chi connectivity index (χ1v) is 12.5. The zero-order valence-corrected chi connectivity index (χ0v) is 21.9. The van der Waals surface area contributed by atoms with Gasteiger partial charge in [0.05, 0.1) is 38.7 Å². The van der Waals surface area contributed by atoms with Crippen molar-refractivity contribution in [2.24, 2.45) is 0 Å². The number of amides is 2. The van der Waals surface area contributed by atoms with Gasteiger partial charge in [0.15, 0.2) is 22.5 Å². The number of aromatic nitrogens is 3. The lowest BCUT2D eigenvalue weighted by molar-refractivity contribution is -0.113. The van der Waals surface area contributed by atoms with Crippen molar-refractivity contribution in [3.63, 3.8) is 0 Å². The number of anilines is 1. The van der Waals surface area contributed by atoms with Crippen LogP contribution in [0.15, 0.2) is 47.6 Å². The lowest BCUT2D eigenvalue weighted by atomic mass is 10.2. The number of ether oxygens (including phenoxy) is 3. The minimum Gasteiger partial charge on any atom is -0.493 e. The van der Waals surface area contributed by atoms with Crippen molar-refractivity contribution in [3.05, 3.63) is 59.4 Å². The van der Waals surface area contributed by atoms with Crippen LogP contribution in [0.5, 0.6) is 11.5 Å². The smallest absolute Gasteiger partial charge is 0.338 e. The largest absolute Gasteiger partial charge is 0.493 e. The van der Waals surface area contributed by atoms with E-state index in [0.717, 1.165) is 0 Å². The molecule has 37 heavy (non-hydrogen) atoms. The highest BCUT2D eigenvalue weighted by Crippen LogP contribution is 2.27. The van der Waals surface area contributed by atoms with Gasteiger partial charge in [-0.25, -0.2) is 4.79 Å². The van der Waals surface area contributed by atoms with E-state index in [1.807, 2.05) is 11.5 Å². The molecule has 2 aromatic carbocycles. The van der Waals surface area contributed by atoms with E-state index in [-0.39, 0.29) is 24.1 Å². The molecule has 2 N–H and O–H groups in total. The summed E-state index contributed by atoms with van der Waals surface area (Å²) in [6.45, 7) is 4.69. The lowest BCUT2D eigenvalue weighted by Crippen LogP contribution is -2.25. The van der Waals surface area contributed by atoms with Crippen LogP contribution in [0.1, 0.15) is 40.4 Å². The van der Waals surface area contributed by atoms with Crippen LogP contribution in [0.3, 0.4) is 0 Å². The fourth-order valence-corrected chi connectivity index (χ4v) is 4.17. The Hall–Kier alpha value is -4.06. The van der Waals surface area contributed by atoms with Crippen LogP contribution < -0.4 is 20.1 Å². The van der Waals surface area contributed by atoms with E-state index < -0.39 is 5.97 Å². The molecule has 0 radical (unpaired) electrons. The molecule has 0 aliphatic rings. The molecular formula is C25H29N5O6S. The summed E-state index contributed by atoms with van der Waals surface area (Å²) in [6, 6.07) is 11.4. The van der Waals surface area contributed by atoms with Crippen LogP contribution in [0.25, 0.3) is 0 Å². The molecule has 0 unspecified atom stereocenters. The summed E-state index contributed by atoms with van der Waals surface area (Å²) in [4.78, 5) is 36.8. The van der Waals surface area contributed by atoms with E-state index in [2.05, 4.69) is 20.8 Å². The second-order valence-electron chi connectivity index (χ2n) is 7.53. The molecule has 0 fully saturated rings. The number of hydrogen-bond donors (Lipinski definition) is 2. The molecule has 0 saturated carbocycles. The van der Waals surface area contributed by atoms with Gasteiger partial charge < -0.3 is 29.4 Å². The Morgan fingerprint density at radius 1 is 0.946 bits per heavy atom. The SMILES string of the molecule is CCOC(=O)c1ccc(NC(=O)CSc2nnc(CNC(=O)c3ccc(OC)c(OC)c3)n2CC)cc1. The van der Waals surface area contributed by atoms with Crippen LogP contribution >= 0.6 is 11.8 Å². The first-order chi connectivity index (χ1) is 17.9. The van der Waals surface area contributed by atoms with Crippen LogP contribution in [-0.2, 0) is 22.6 Å². The summed E-state index contributed by atoms with van der Waals surface area (Å²) < 4.78 is 17.2. The number of rotatable bonds is 12. The minimum atomic E-state index is -0.412. The zero-order chi connectivity index (χ0) is 26.8. The third kappa shape index (κ3) is 7.23. The van der Waals surface area contributed by atoms with Crippen LogP contribution in [0.2, 0.25) is 0 Å². The summed E-state index contributed by atoms with van der Waals surface area (Å²) >= 11 is 1.23. The summed E-state index contributed by atoms with van der Waals surface area (Å²) in [5.41, 5.74) is 1.40. The average Bonchev–Trinajstić information content (AvgIpc) is 3.32. The normalized spacial score (nSPS) is 10.5. The summed E-state index contributed by atoms with van der Waals surface area (Å²) in [6.07, 6.45) is 0. The first kappa shape index (κ1) is 27.5. The molecule has 0 saturated heterocycles. The maximum atomic E-state index is 12.6. The molecule has 3 aromatic rings. The maximum Gasteiger partial charge on any atom is 0.338 e. The Morgan fingerprint density at radius 3 is 2.30 bits per heavy atom. The van der Waals surface area contributed by atoms with Crippen molar-refractivity contribution < 1.29 is 28.6 Å². The quantitative estimate of drug-likeness (QED) is 0.269. The monoisotopic (exact) mass is 527 g/mol. The number of benzene rings is 2. The Bertz CT molecular complexity index is 1240. The Labute approximate surface area is 218 Å². The van der Waals surface area contributed by atoms with Crippen LogP contribution in [-0.4, -0.2) is 59.1 Å². The predicted octanol–water partition coefficient (Wildman–Crippen LogP) is 3.15. The highest BCUT2D eigenvalue weighted by molar-refractivity contribution is 7.99. The molecule has 196 valence electrons. The van der Waals surface area contributed by atoms with Gasteiger partial charge in [-0.2, -0.15) is 0 Å². The van der Waals surface area contributed by atoms with Gasteiger partial charge in [0.2, 0.25) is 5.91 Å². The molecule has 1 heterocycles. The number of carbonyl (C=O) groups is 3. The van der Waals surface area contributed by atoms with E-state index in [9.17, 15) is 14.4 Å². The van der Waals surface area contributed by atoms with Crippen molar-refractivity contribution in [2.75, 3.05) is 31.9 Å². The molecule has 0 aliphatic heterocycles. The highest BCUT2D eigenvalue weighted by atomic mass is 32.2. The van der Waals surface area contributed by atoms with Crippen molar-refractivity contribution >= 4 is 35.2 Å². The molecule has 3 rings (SSSR count). The van der Waals surface area contributed by atoms with Crippen molar-refractivity contribution in [1.82, 2.24) is 20.1 Å². The Kier molecular flexibility index (Phi) is 9.90. The van der Waals surface area contributed by atoms with E-state index in [1.165, 1.54) is 26.0 Å². The second-order valence-corrected chi connectivity index (χ2v) is 8.47. The van der Waals surface area contributed by atoms with Crippen LogP contribution in [0, 0.1) is 0 Å². The fourth-order valence-electron chi connectivity index (χ4n) is 3.34. The van der Waals surface area contributed by atoms with Crippen molar-refractivity contribution in [2.45, 2.75) is 32.1 Å². The molecular weight excluding hydrogens is 498 g/mol. The van der Waals surface area contributed by atoms with Gasteiger partial charge >= 0.3 is 5.97 Å². The maximum absolute atomic E-state index is 12.6. The number of hydrogen-bond acceptors (Lipinski definition) is 9. The standard InChI is InChI=1S/C25H29N5O6S/c1-5-30-21(14-26-23(32)17-9-12-19(34-3)20(13-17)35-4)28-29-25(30)37-15-22(31)27-18-10-7-16(8-11-18)24(33)36-6-2/h7-13H,5-6,14-15H2,1-4H3,(H,26,32)(H,27,31). The molecule has 2 amide bonds. The third-order valence-electron chi connectivity index (χ3n) is 5.17. The van der Waals surface area contributed by atoms with Gasteiger partial charge in [0, 0.05) is 17.8 Å². The number of carbonyl (C=O) groups excluding carboxylic acids is 3. The van der Waals surface area contributed by atoms with E-state index in [1.54, 1.807) is 49.4 Å². The molecule has 0 bridgehead atoms. The number of nitrogens with zero attached hydrogens (tertiary/aromatic N) is 3.